The van der Waals surface area contributed by atoms with Crippen LogP contribution in [0.1, 0.15) is 0 Å². The fraction of sp³-hybridized carbons (Fsp3) is 0.333. The van der Waals surface area contributed by atoms with Gasteiger partial charge in [-0.1, -0.05) is 54.7 Å². The maximum absolute atomic E-state index is 14.5. The minimum Gasteiger partial charge on any atom is -1.00 e. The van der Waals surface area contributed by atoms with Crippen LogP contribution in [0, 0.1) is 0 Å². The fourth-order valence-corrected chi connectivity index (χ4v) is 8.20. The normalized spacial score (nSPS) is 32.9. The van der Waals surface area contributed by atoms with Crippen LogP contribution < -0.4 is 17.2 Å². The molecule has 3 atom stereocenters. The van der Waals surface area contributed by atoms with Crippen molar-refractivity contribution in [3.05, 3.63) is 72.9 Å². The fourth-order valence-electron chi connectivity index (χ4n) is 3.71. The molecule has 0 aliphatic heterocycles. The smallest absolute Gasteiger partial charge is 1.00 e. The molecule has 0 fully saturated rings. The zero-order valence-corrected chi connectivity index (χ0v) is 17.6. The van der Waals surface area contributed by atoms with Crippen molar-refractivity contribution in [1.29, 1.82) is 0 Å². The van der Waals surface area contributed by atoms with Gasteiger partial charge in [0.2, 0.25) is 0 Å². The summed E-state index contributed by atoms with van der Waals surface area (Å²) in [5.74, 6) is -11.3. The molecule has 0 bridgehead atoms. The molecule has 0 saturated heterocycles. The second-order valence-electron chi connectivity index (χ2n) is 6.54. The van der Waals surface area contributed by atoms with Crippen molar-refractivity contribution in [1.82, 2.24) is 0 Å². The number of halogens is 7. The van der Waals surface area contributed by atoms with Crippen LogP contribution in [-0.4, -0.2) is 49.1 Å². The van der Waals surface area contributed by atoms with Gasteiger partial charge in [0, 0.05) is 24.9 Å². The van der Waals surface area contributed by atoms with Crippen molar-refractivity contribution in [2.75, 3.05) is 0 Å². The first-order valence-electron chi connectivity index (χ1n) is 7.94. The van der Waals surface area contributed by atoms with Crippen LogP contribution in [0.15, 0.2) is 72.9 Å². The summed E-state index contributed by atoms with van der Waals surface area (Å²) >= 11 is 0. The average Bonchev–Trinajstić information content (AvgIpc) is 2.53. The van der Waals surface area contributed by atoms with Crippen molar-refractivity contribution in [3.8, 4) is 0 Å². The third kappa shape index (κ3) is 4.23. The van der Waals surface area contributed by atoms with Crippen LogP contribution in [-0.2, 0) is 0 Å². The van der Waals surface area contributed by atoms with Gasteiger partial charge in [0.25, 0.3) is 17.8 Å². The molecule has 0 heterocycles. The van der Waals surface area contributed by atoms with Crippen LogP contribution in [0.4, 0.5) is 26.3 Å². The molecule has 0 aromatic rings. The maximum atomic E-state index is 14.5. The first-order valence-corrected chi connectivity index (χ1v) is 10.1. The minimum atomic E-state index is -5.37. The van der Waals surface area contributed by atoms with E-state index in [1.165, 1.54) is 0 Å². The molecule has 3 rings (SSSR count). The summed E-state index contributed by atoms with van der Waals surface area (Å²) in [5, 5.41) is 0. The summed E-state index contributed by atoms with van der Waals surface area (Å²) in [6.07, 6.45) is 10.00. The van der Waals surface area contributed by atoms with Gasteiger partial charge in [0.05, 0.1) is 0 Å². The van der Waals surface area contributed by atoms with E-state index in [1.54, 1.807) is 0 Å². The molecule has 3 aliphatic rings. The van der Waals surface area contributed by atoms with Crippen molar-refractivity contribution in [2.24, 2.45) is 0 Å². The van der Waals surface area contributed by atoms with E-state index >= 15 is 0 Å². The van der Waals surface area contributed by atoms with Crippen LogP contribution in [0.25, 0.3) is 0 Å². The molecule has 0 N–H and O–H groups in total. The summed E-state index contributed by atoms with van der Waals surface area (Å²) in [6, 6.07) is 0. The monoisotopic (exact) mass is 448 g/mol. The SMILES string of the molecule is [Cl-].[Mg+2].[O-][Si](C1C=CC=CC1(F)F)(C1C=CC=CC1(F)F)C1C=CC=CC1(F)F. The first kappa shape index (κ1) is 25.3. The number of hydrogen-bond acceptors (Lipinski definition) is 1. The molecular formula is C18H15ClF6MgOSi. The topological polar surface area (TPSA) is 23.1 Å². The van der Waals surface area contributed by atoms with E-state index in [0.29, 0.717) is 18.2 Å². The zero-order chi connectivity index (χ0) is 19.2. The largest absolute Gasteiger partial charge is 2.00 e. The molecule has 0 spiro atoms. The van der Waals surface area contributed by atoms with Crippen molar-refractivity contribution >= 4 is 31.4 Å². The Morgan fingerprint density at radius 2 is 0.821 bits per heavy atom. The Labute approximate surface area is 182 Å². The van der Waals surface area contributed by atoms with E-state index in [1.807, 2.05) is 0 Å². The molecule has 28 heavy (non-hydrogen) atoms. The molecular weight excluding hydrogens is 434 g/mol. The van der Waals surface area contributed by atoms with E-state index < -0.39 is 42.7 Å². The van der Waals surface area contributed by atoms with Gasteiger partial charge in [-0.2, -0.15) is 0 Å². The van der Waals surface area contributed by atoms with E-state index in [4.69, 9.17) is 0 Å². The van der Waals surface area contributed by atoms with Gasteiger partial charge in [-0.05, 0) is 18.2 Å². The van der Waals surface area contributed by atoms with Crippen molar-refractivity contribution in [2.45, 2.75) is 34.4 Å². The Morgan fingerprint density at radius 1 is 0.571 bits per heavy atom. The van der Waals surface area contributed by atoms with E-state index in [0.717, 1.165) is 54.7 Å². The van der Waals surface area contributed by atoms with Gasteiger partial charge in [-0.3, -0.25) is 0 Å². The maximum Gasteiger partial charge on any atom is 2.00 e. The van der Waals surface area contributed by atoms with Gasteiger partial charge < -0.3 is 17.2 Å². The summed E-state index contributed by atoms with van der Waals surface area (Å²) in [7, 11) is -5.37. The standard InChI is InChI=1S/C18H15F6OSi.ClH.Mg/c19-16(20)10-4-1-7-13(16)26(25,14-8-2-5-11-17(14,21)22)15-9-3-6-12-18(15,23)24;;/h1-15H;1H;/q-1;;+2/p-1. The number of hydrogen-bond donors (Lipinski definition) is 0. The quantitative estimate of drug-likeness (QED) is 0.471. The summed E-state index contributed by atoms with van der Waals surface area (Å²) in [6.45, 7) is 0. The van der Waals surface area contributed by atoms with Crippen molar-refractivity contribution < 1.29 is 43.5 Å². The molecule has 3 unspecified atom stereocenters. The average molecular weight is 449 g/mol. The Morgan fingerprint density at radius 3 is 1.04 bits per heavy atom. The number of rotatable bonds is 3. The van der Waals surface area contributed by atoms with E-state index in [2.05, 4.69) is 0 Å². The van der Waals surface area contributed by atoms with Gasteiger partial charge in [-0.25, -0.2) is 26.3 Å². The molecule has 10 heteroatoms. The summed E-state index contributed by atoms with van der Waals surface area (Å²) in [5.41, 5.74) is -6.71. The van der Waals surface area contributed by atoms with Crippen LogP contribution >= 0.6 is 0 Å². The van der Waals surface area contributed by atoms with Crippen LogP contribution in [0.3, 0.4) is 0 Å². The Balaban J connectivity index is 0.00000196. The summed E-state index contributed by atoms with van der Waals surface area (Å²) < 4.78 is 87.0. The molecule has 1 nitrogen and oxygen atoms in total. The Bertz CT molecular complexity index is 661. The summed E-state index contributed by atoms with van der Waals surface area (Å²) in [4.78, 5) is 13.9. The molecule has 0 saturated carbocycles. The van der Waals surface area contributed by atoms with Gasteiger partial charge in [0.15, 0.2) is 0 Å². The van der Waals surface area contributed by atoms with Crippen LogP contribution in [0.2, 0.25) is 16.6 Å². The predicted molar refractivity (Wildman–Crippen MR) is 92.4 cm³/mol. The van der Waals surface area contributed by atoms with Gasteiger partial charge >= 0.3 is 23.1 Å². The first-order chi connectivity index (χ1) is 12.0. The van der Waals surface area contributed by atoms with Crippen LogP contribution in [0.5, 0.6) is 0 Å². The van der Waals surface area contributed by atoms with E-state index in [9.17, 15) is 31.1 Å². The number of allylic oxidation sites excluding steroid dienone is 12. The predicted octanol–water partition coefficient (Wildman–Crippen LogP) is 1.31. The van der Waals surface area contributed by atoms with Gasteiger partial charge in [0.1, 0.15) is 0 Å². The molecule has 3 aliphatic carbocycles. The second kappa shape index (κ2) is 8.55. The molecule has 0 aromatic carbocycles. The number of alkyl halides is 6. The third-order valence-corrected chi connectivity index (χ3v) is 9.55. The molecule has 0 amide bonds. The molecule has 148 valence electrons. The van der Waals surface area contributed by atoms with Gasteiger partial charge in [-0.15, -0.1) is 0 Å². The van der Waals surface area contributed by atoms with Crippen molar-refractivity contribution in [3.63, 3.8) is 0 Å². The third-order valence-electron chi connectivity index (χ3n) is 4.90. The molecule has 0 radical (unpaired) electrons. The zero-order valence-electron chi connectivity index (χ0n) is 14.4. The minimum absolute atomic E-state index is 0. The second-order valence-corrected chi connectivity index (χ2v) is 10.1. The Kier molecular flexibility index (Phi) is 7.72. The molecule has 0 aromatic heterocycles. The Hall–Kier alpha value is -0.747. The van der Waals surface area contributed by atoms with E-state index in [-0.39, 0.29) is 35.5 Å².